The molecule has 0 spiro atoms. The first kappa shape index (κ1) is 23.8. The predicted molar refractivity (Wildman–Crippen MR) is 117 cm³/mol. The summed E-state index contributed by atoms with van der Waals surface area (Å²) >= 11 is 0. The second-order valence-corrected chi connectivity index (χ2v) is 9.25. The van der Waals surface area contributed by atoms with E-state index in [2.05, 4.69) is 10.6 Å². The Morgan fingerprint density at radius 3 is 2.22 bits per heavy atom. The summed E-state index contributed by atoms with van der Waals surface area (Å²) in [4.78, 5) is 24.1. The van der Waals surface area contributed by atoms with Crippen molar-refractivity contribution in [3.63, 3.8) is 0 Å². The molecule has 1 aliphatic heterocycles. The van der Waals surface area contributed by atoms with Gasteiger partial charge in [-0.1, -0.05) is 12.1 Å². The van der Waals surface area contributed by atoms with Gasteiger partial charge in [0.25, 0.3) is 0 Å². The van der Waals surface area contributed by atoms with Crippen molar-refractivity contribution < 1.29 is 27.1 Å². The SMILES string of the molecule is O=C(CCC(=O)Nc1ccc(F)cc1)NCCc1ccc(S(=O)(=O)N2CCOCC2)cc1. The molecule has 0 aromatic heterocycles. The third kappa shape index (κ3) is 6.84. The van der Waals surface area contributed by atoms with Crippen molar-refractivity contribution in [3.8, 4) is 0 Å². The summed E-state index contributed by atoms with van der Waals surface area (Å²) in [6.45, 7) is 1.85. The molecule has 0 radical (unpaired) electrons. The third-order valence-electron chi connectivity index (χ3n) is 4.97. The van der Waals surface area contributed by atoms with Crippen LogP contribution in [0.25, 0.3) is 0 Å². The number of amides is 2. The lowest BCUT2D eigenvalue weighted by Crippen LogP contribution is -2.40. The van der Waals surface area contributed by atoms with Gasteiger partial charge in [-0.3, -0.25) is 9.59 Å². The normalized spacial score (nSPS) is 14.7. The molecule has 0 bridgehead atoms. The van der Waals surface area contributed by atoms with Gasteiger partial charge in [0.15, 0.2) is 0 Å². The van der Waals surface area contributed by atoms with Crippen LogP contribution < -0.4 is 10.6 Å². The van der Waals surface area contributed by atoms with E-state index >= 15 is 0 Å². The quantitative estimate of drug-likeness (QED) is 0.591. The van der Waals surface area contributed by atoms with E-state index in [9.17, 15) is 22.4 Å². The zero-order valence-electron chi connectivity index (χ0n) is 17.6. The molecule has 2 aromatic carbocycles. The van der Waals surface area contributed by atoms with E-state index in [0.29, 0.717) is 45.0 Å². The van der Waals surface area contributed by atoms with Crippen molar-refractivity contribution >= 4 is 27.5 Å². The van der Waals surface area contributed by atoms with E-state index in [1.54, 1.807) is 24.3 Å². The van der Waals surface area contributed by atoms with Gasteiger partial charge in [-0.2, -0.15) is 4.31 Å². The van der Waals surface area contributed by atoms with Gasteiger partial charge in [0.1, 0.15) is 5.82 Å². The molecule has 1 aliphatic rings. The van der Waals surface area contributed by atoms with Crippen LogP contribution in [-0.2, 0) is 30.8 Å². The number of carbonyl (C=O) groups is 2. The number of carbonyl (C=O) groups excluding carboxylic acids is 2. The Bertz CT molecular complexity index is 1020. The molecule has 0 atom stereocenters. The minimum Gasteiger partial charge on any atom is -0.379 e. The predicted octanol–water partition coefficient (Wildman–Crippen LogP) is 1.92. The maximum absolute atomic E-state index is 12.9. The second-order valence-electron chi connectivity index (χ2n) is 7.32. The van der Waals surface area contributed by atoms with Gasteiger partial charge in [0.05, 0.1) is 18.1 Å². The summed E-state index contributed by atoms with van der Waals surface area (Å²) in [7, 11) is -3.53. The molecule has 0 unspecified atom stereocenters. The summed E-state index contributed by atoms with van der Waals surface area (Å²) in [5.74, 6) is -0.981. The number of halogens is 1. The van der Waals surface area contributed by atoms with Gasteiger partial charge in [-0.05, 0) is 48.4 Å². The Morgan fingerprint density at radius 2 is 1.56 bits per heavy atom. The first-order chi connectivity index (χ1) is 15.3. The number of nitrogens with zero attached hydrogens (tertiary/aromatic N) is 1. The second kappa shape index (κ2) is 11.2. The third-order valence-corrected chi connectivity index (χ3v) is 6.89. The van der Waals surface area contributed by atoms with Crippen molar-refractivity contribution in [1.82, 2.24) is 9.62 Å². The van der Waals surface area contributed by atoms with Crippen molar-refractivity contribution in [1.29, 1.82) is 0 Å². The van der Waals surface area contributed by atoms with E-state index in [1.807, 2.05) is 0 Å². The Kier molecular flexibility index (Phi) is 8.32. The van der Waals surface area contributed by atoms with Crippen molar-refractivity contribution in [2.75, 3.05) is 38.2 Å². The molecule has 1 heterocycles. The summed E-state index contributed by atoms with van der Waals surface area (Å²) in [6.07, 6.45) is 0.576. The highest BCUT2D eigenvalue weighted by molar-refractivity contribution is 7.89. The minimum absolute atomic E-state index is 0.0112. The standard InChI is InChI=1S/C22H26FN3O5S/c23-18-3-5-19(6-4-18)25-22(28)10-9-21(27)24-12-11-17-1-7-20(8-2-17)32(29,30)26-13-15-31-16-14-26/h1-8H,9-16H2,(H,24,27)(H,25,28). The lowest BCUT2D eigenvalue weighted by molar-refractivity contribution is -0.124. The largest absolute Gasteiger partial charge is 0.379 e. The molecule has 1 saturated heterocycles. The smallest absolute Gasteiger partial charge is 0.243 e. The molecule has 0 aliphatic carbocycles. The number of rotatable bonds is 9. The molecule has 172 valence electrons. The molecular weight excluding hydrogens is 437 g/mol. The maximum atomic E-state index is 12.9. The van der Waals surface area contributed by atoms with Crippen LogP contribution >= 0.6 is 0 Å². The molecule has 10 heteroatoms. The van der Waals surface area contributed by atoms with Crippen molar-refractivity contribution in [2.24, 2.45) is 0 Å². The van der Waals surface area contributed by atoms with Gasteiger partial charge in [0, 0.05) is 38.2 Å². The highest BCUT2D eigenvalue weighted by atomic mass is 32.2. The Balaban J connectivity index is 1.38. The average molecular weight is 464 g/mol. The molecule has 8 nitrogen and oxygen atoms in total. The number of morpholine rings is 1. The van der Waals surface area contributed by atoms with E-state index in [4.69, 9.17) is 4.74 Å². The average Bonchev–Trinajstić information content (AvgIpc) is 2.80. The highest BCUT2D eigenvalue weighted by Gasteiger charge is 2.26. The Morgan fingerprint density at radius 1 is 0.938 bits per heavy atom. The van der Waals surface area contributed by atoms with Crippen LogP contribution in [0.4, 0.5) is 10.1 Å². The maximum Gasteiger partial charge on any atom is 0.243 e. The number of benzene rings is 2. The molecule has 2 N–H and O–H groups in total. The summed E-state index contributed by atoms with van der Waals surface area (Å²) in [6, 6.07) is 12.0. The van der Waals surface area contributed by atoms with Crippen LogP contribution in [0.3, 0.4) is 0 Å². The van der Waals surface area contributed by atoms with Crippen LogP contribution in [0.2, 0.25) is 0 Å². The van der Waals surface area contributed by atoms with Crippen molar-refractivity contribution in [2.45, 2.75) is 24.2 Å². The molecule has 2 aromatic rings. The number of hydrogen-bond donors (Lipinski definition) is 2. The van der Waals surface area contributed by atoms with Crippen LogP contribution in [0.5, 0.6) is 0 Å². The fraction of sp³-hybridized carbons (Fsp3) is 0.364. The van der Waals surface area contributed by atoms with Crippen LogP contribution in [-0.4, -0.2) is 57.4 Å². The van der Waals surface area contributed by atoms with Crippen LogP contribution in [0, 0.1) is 5.82 Å². The number of sulfonamides is 1. The van der Waals surface area contributed by atoms with Crippen LogP contribution in [0.1, 0.15) is 18.4 Å². The van der Waals surface area contributed by atoms with E-state index in [1.165, 1.54) is 28.6 Å². The number of ether oxygens (including phenoxy) is 1. The Labute approximate surface area is 186 Å². The van der Waals surface area contributed by atoms with Gasteiger partial charge in [0.2, 0.25) is 21.8 Å². The van der Waals surface area contributed by atoms with Gasteiger partial charge >= 0.3 is 0 Å². The fourth-order valence-electron chi connectivity index (χ4n) is 3.18. The molecule has 1 fully saturated rings. The first-order valence-electron chi connectivity index (χ1n) is 10.3. The summed E-state index contributed by atoms with van der Waals surface area (Å²) < 4.78 is 44.7. The van der Waals surface area contributed by atoms with Gasteiger partial charge < -0.3 is 15.4 Å². The monoisotopic (exact) mass is 463 g/mol. The molecule has 2 amide bonds. The van der Waals surface area contributed by atoms with Crippen molar-refractivity contribution in [3.05, 3.63) is 59.9 Å². The Hall–Kier alpha value is -2.82. The number of nitrogens with one attached hydrogen (secondary N) is 2. The van der Waals surface area contributed by atoms with E-state index in [0.717, 1.165) is 5.56 Å². The lowest BCUT2D eigenvalue weighted by Gasteiger charge is -2.26. The van der Waals surface area contributed by atoms with Gasteiger partial charge in [-0.25, -0.2) is 12.8 Å². The zero-order valence-corrected chi connectivity index (χ0v) is 18.4. The number of hydrogen-bond acceptors (Lipinski definition) is 5. The summed E-state index contributed by atoms with van der Waals surface area (Å²) in [5.41, 5.74) is 1.36. The lowest BCUT2D eigenvalue weighted by atomic mass is 10.1. The zero-order chi connectivity index (χ0) is 23.0. The first-order valence-corrected chi connectivity index (χ1v) is 11.8. The molecule has 3 rings (SSSR count). The highest BCUT2D eigenvalue weighted by Crippen LogP contribution is 2.18. The van der Waals surface area contributed by atoms with E-state index in [-0.39, 0.29) is 29.6 Å². The van der Waals surface area contributed by atoms with E-state index < -0.39 is 15.8 Å². The number of anilines is 1. The fourth-order valence-corrected chi connectivity index (χ4v) is 4.59. The summed E-state index contributed by atoms with van der Waals surface area (Å²) in [5, 5.41) is 5.35. The minimum atomic E-state index is -3.53. The topological polar surface area (TPSA) is 105 Å². The molecule has 32 heavy (non-hydrogen) atoms. The van der Waals surface area contributed by atoms with Gasteiger partial charge in [-0.15, -0.1) is 0 Å². The molecular formula is C22H26FN3O5S. The molecule has 0 saturated carbocycles. The van der Waals surface area contributed by atoms with Crippen LogP contribution in [0.15, 0.2) is 53.4 Å².